The van der Waals surface area contributed by atoms with Gasteiger partial charge in [0, 0.05) is 0 Å². The molecule has 0 radical (unpaired) electrons. The van der Waals surface area contributed by atoms with Crippen LogP contribution in [0.15, 0.2) is 0 Å². The molecule has 2 nitrogen and oxygen atoms in total. The van der Waals surface area contributed by atoms with Gasteiger partial charge in [0.1, 0.15) is 0 Å². The lowest BCUT2D eigenvalue weighted by Crippen LogP contribution is -2.09. The number of hydrogen-bond donors (Lipinski definition) is 2. The molecular formula is C7H19ClN2. The van der Waals surface area contributed by atoms with Crippen LogP contribution in [0.5, 0.6) is 0 Å². The molecule has 1 aliphatic rings. The van der Waals surface area contributed by atoms with E-state index in [1.54, 1.807) is 0 Å². The van der Waals surface area contributed by atoms with E-state index in [2.05, 4.69) is 18.6 Å². The van der Waals surface area contributed by atoms with Gasteiger partial charge in [-0.25, -0.2) is 0 Å². The Bertz CT molecular complexity index is 55.6. The van der Waals surface area contributed by atoms with E-state index in [9.17, 15) is 0 Å². The Kier molecular flexibility index (Phi) is 11.8. The van der Waals surface area contributed by atoms with E-state index >= 15 is 0 Å². The molecule has 1 rings (SSSR count). The maximum absolute atomic E-state index is 4.00. The van der Waals surface area contributed by atoms with Crippen molar-refractivity contribution in [2.45, 2.75) is 39.0 Å². The summed E-state index contributed by atoms with van der Waals surface area (Å²) in [4.78, 5) is 0. The smallest absolute Gasteiger partial charge is 0.0414 e. The number of halogens is 1. The predicted octanol–water partition coefficient (Wildman–Crippen LogP) is 1.83. The van der Waals surface area contributed by atoms with Gasteiger partial charge in [-0.05, 0) is 5.92 Å². The van der Waals surface area contributed by atoms with E-state index in [0.29, 0.717) is 0 Å². The van der Waals surface area contributed by atoms with Crippen LogP contribution in [0.1, 0.15) is 39.0 Å². The summed E-state index contributed by atoms with van der Waals surface area (Å²) in [5.74, 6) is 9.13. The first-order valence-electron chi connectivity index (χ1n) is 3.77. The summed E-state index contributed by atoms with van der Waals surface area (Å²) in [6.45, 7) is 2.28. The fraction of sp³-hybridized carbons (Fsp3) is 1.00. The highest BCUT2D eigenvalue weighted by atomic mass is 35.5. The van der Waals surface area contributed by atoms with Crippen LogP contribution in [0.25, 0.3) is 0 Å². The highest BCUT2D eigenvalue weighted by Gasteiger charge is 2.14. The summed E-state index contributed by atoms with van der Waals surface area (Å²) in [5.41, 5.74) is 0. The minimum atomic E-state index is 0. The van der Waals surface area contributed by atoms with Gasteiger partial charge in [-0.2, -0.15) is 0 Å². The SMILES string of the molecule is CCCC1CCC1.Cl.NN. The average molecular weight is 167 g/mol. The van der Waals surface area contributed by atoms with Crippen molar-refractivity contribution in [3.05, 3.63) is 0 Å². The molecule has 1 fully saturated rings. The summed E-state index contributed by atoms with van der Waals surface area (Å²) in [6, 6.07) is 0. The maximum atomic E-state index is 4.00. The largest absolute Gasteiger partial charge is 0.274 e. The highest BCUT2D eigenvalue weighted by molar-refractivity contribution is 5.85. The Morgan fingerprint density at radius 3 is 1.90 bits per heavy atom. The Hall–Kier alpha value is 0.210. The molecule has 0 aromatic heterocycles. The van der Waals surface area contributed by atoms with Gasteiger partial charge in [0.2, 0.25) is 0 Å². The molecule has 0 heterocycles. The molecule has 10 heavy (non-hydrogen) atoms. The molecule has 0 aromatic carbocycles. The standard InChI is InChI=1S/C7H14.ClH.H4N2/c1-2-4-7-5-3-6-7;;1-2/h7H,2-6H2,1H3;1H;1-2H2. The molecule has 4 N–H and O–H groups in total. The molecule has 0 spiro atoms. The minimum Gasteiger partial charge on any atom is -0.274 e. The summed E-state index contributed by atoms with van der Waals surface area (Å²) >= 11 is 0. The van der Waals surface area contributed by atoms with Crippen molar-refractivity contribution in [2.24, 2.45) is 17.6 Å². The van der Waals surface area contributed by atoms with Crippen molar-refractivity contribution in [3.8, 4) is 0 Å². The molecule has 3 heteroatoms. The van der Waals surface area contributed by atoms with Crippen LogP contribution in [0.4, 0.5) is 0 Å². The highest BCUT2D eigenvalue weighted by Crippen LogP contribution is 2.29. The second kappa shape index (κ2) is 9.21. The third-order valence-corrected chi connectivity index (χ3v) is 1.92. The summed E-state index contributed by atoms with van der Waals surface area (Å²) in [5, 5.41) is 0. The van der Waals surface area contributed by atoms with Gasteiger partial charge in [-0.3, -0.25) is 11.7 Å². The summed E-state index contributed by atoms with van der Waals surface area (Å²) in [7, 11) is 0. The van der Waals surface area contributed by atoms with Crippen molar-refractivity contribution in [2.75, 3.05) is 0 Å². The van der Waals surface area contributed by atoms with E-state index in [1.807, 2.05) is 0 Å². The van der Waals surface area contributed by atoms with Crippen LogP contribution in [-0.4, -0.2) is 0 Å². The van der Waals surface area contributed by atoms with Crippen molar-refractivity contribution >= 4 is 12.4 Å². The van der Waals surface area contributed by atoms with E-state index in [4.69, 9.17) is 0 Å². The van der Waals surface area contributed by atoms with Crippen molar-refractivity contribution in [1.82, 2.24) is 0 Å². The lowest BCUT2D eigenvalue weighted by atomic mass is 9.82. The van der Waals surface area contributed by atoms with E-state index < -0.39 is 0 Å². The van der Waals surface area contributed by atoms with Crippen LogP contribution in [0, 0.1) is 5.92 Å². The average Bonchev–Trinajstić information content (AvgIpc) is 1.84. The third-order valence-electron chi connectivity index (χ3n) is 1.92. The fourth-order valence-electron chi connectivity index (χ4n) is 1.19. The molecule has 0 aliphatic heterocycles. The molecule has 1 saturated carbocycles. The number of nitrogens with two attached hydrogens (primary N) is 2. The quantitative estimate of drug-likeness (QED) is 0.486. The molecular weight excluding hydrogens is 148 g/mol. The number of rotatable bonds is 2. The molecule has 0 bridgehead atoms. The van der Waals surface area contributed by atoms with Crippen molar-refractivity contribution in [1.29, 1.82) is 0 Å². The first-order valence-corrected chi connectivity index (χ1v) is 3.77. The molecule has 0 unspecified atom stereocenters. The molecule has 0 amide bonds. The van der Waals surface area contributed by atoms with Crippen molar-refractivity contribution in [3.63, 3.8) is 0 Å². The topological polar surface area (TPSA) is 52.0 Å². The van der Waals surface area contributed by atoms with E-state index in [1.165, 1.54) is 32.1 Å². The van der Waals surface area contributed by atoms with Gasteiger partial charge < -0.3 is 0 Å². The molecule has 1 aliphatic carbocycles. The van der Waals surface area contributed by atoms with Crippen LogP contribution < -0.4 is 11.7 Å². The molecule has 0 aromatic rings. The lowest BCUT2D eigenvalue weighted by Gasteiger charge is -2.24. The van der Waals surface area contributed by atoms with Gasteiger partial charge in [-0.1, -0.05) is 39.0 Å². The first-order chi connectivity index (χ1) is 4.43. The summed E-state index contributed by atoms with van der Waals surface area (Å²) < 4.78 is 0. The van der Waals surface area contributed by atoms with Crippen molar-refractivity contribution < 1.29 is 0 Å². The third kappa shape index (κ3) is 5.03. The monoisotopic (exact) mass is 166 g/mol. The van der Waals surface area contributed by atoms with Crippen LogP contribution in [-0.2, 0) is 0 Å². The second-order valence-electron chi connectivity index (χ2n) is 2.59. The van der Waals surface area contributed by atoms with E-state index in [0.717, 1.165) is 5.92 Å². The van der Waals surface area contributed by atoms with Crippen LogP contribution in [0.3, 0.4) is 0 Å². The second-order valence-corrected chi connectivity index (χ2v) is 2.59. The number of hydrazine groups is 1. The lowest BCUT2D eigenvalue weighted by molar-refractivity contribution is 0.294. The van der Waals surface area contributed by atoms with Crippen LogP contribution >= 0.6 is 12.4 Å². The fourth-order valence-corrected chi connectivity index (χ4v) is 1.19. The van der Waals surface area contributed by atoms with Gasteiger partial charge in [0.15, 0.2) is 0 Å². The van der Waals surface area contributed by atoms with Gasteiger partial charge in [0.25, 0.3) is 0 Å². The zero-order valence-electron chi connectivity index (χ0n) is 6.68. The maximum Gasteiger partial charge on any atom is -0.0414 e. The van der Waals surface area contributed by atoms with Gasteiger partial charge in [0.05, 0.1) is 0 Å². The Balaban J connectivity index is 0. The molecule has 64 valence electrons. The summed E-state index contributed by atoms with van der Waals surface area (Å²) in [6.07, 6.45) is 7.43. The normalized spacial score (nSPS) is 15.9. The predicted molar refractivity (Wildman–Crippen MR) is 47.9 cm³/mol. The zero-order valence-corrected chi connectivity index (χ0v) is 7.49. The molecule has 0 saturated heterocycles. The van der Waals surface area contributed by atoms with Crippen LogP contribution in [0.2, 0.25) is 0 Å². The number of hydrogen-bond acceptors (Lipinski definition) is 2. The Labute approximate surface area is 69.7 Å². The Morgan fingerprint density at radius 1 is 1.30 bits per heavy atom. The van der Waals surface area contributed by atoms with Gasteiger partial charge >= 0.3 is 0 Å². The zero-order chi connectivity index (χ0) is 7.11. The first kappa shape index (κ1) is 12.8. The van der Waals surface area contributed by atoms with E-state index in [-0.39, 0.29) is 12.4 Å². The molecule has 0 atom stereocenters. The minimum absolute atomic E-state index is 0. The van der Waals surface area contributed by atoms with Gasteiger partial charge in [-0.15, -0.1) is 12.4 Å². The Morgan fingerprint density at radius 2 is 1.80 bits per heavy atom.